The van der Waals surface area contributed by atoms with Gasteiger partial charge in [-0.15, -0.1) is 0 Å². The van der Waals surface area contributed by atoms with E-state index in [-0.39, 0.29) is 12.5 Å². The number of benzene rings is 2. The van der Waals surface area contributed by atoms with Crippen LogP contribution in [0.15, 0.2) is 42.5 Å². The lowest BCUT2D eigenvalue weighted by atomic mass is 9.98. The van der Waals surface area contributed by atoms with E-state index in [1.54, 1.807) is 0 Å². The predicted molar refractivity (Wildman–Crippen MR) is 92.7 cm³/mol. The van der Waals surface area contributed by atoms with Crippen molar-refractivity contribution in [3.8, 4) is 5.75 Å². The first-order valence-corrected chi connectivity index (χ1v) is 8.31. The highest BCUT2D eigenvalue weighted by molar-refractivity contribution is 5.88. The van der Waals surface area contributed by atoms with Crippen LogP contribution in [-0.4, -0.2) is 44.1 Å². The molecule has 1 unspecified atom stereocenters. The summed E-state index contributed by atoms with van der Waals surface area (Å²) in [5.74, 6) is 1.41. The molecule has 1 atom stereocenters. The summed E-state index contributed by atoms with van der Waals surface area (Å²) >= 11 is 0. The zero-order valence-corrected chi connectivity index (χ0v) is 13.6. The third kappa shape index (κ3) is 3.82. The van der Waals surface area contributed by atoms with E-state index < -0.39 is 0 Å². The zero-order valence-electron chi connectivity index (χ0n) is 13.6. The molecule has 1 saturated heterocycles. The van der Waals surface area contributed by atoms with Gasteiger partial charge in [-0.3, -0.25) is 4.79 Å². The molecule has 23 heavy (non-hydrogen) atoms. The summed E-state index contributed by atoms with van der Waals surface area (Å²) in [7, 11) is 1.96. The molecule has 0 aliphatic carbocycles. The largest absolute Gasteiger partial charge is 0.483 e. The Balaban J connectivity index is 1.62. The molecular formula is C19H24N2O2. The van der Waals surface area contributed by atoms with Crippen LogP contribution in [0.3, 0.4) is 0 Å². The summed E-state index contributed by atoms with van der Waals surface area (Å²) in [6.45, 7) is 2.75. The van der Waals surface area contributed by atoms with Gasteiger partial charge in [0.25, 0.3) is 5.91 Å². The van der Waals surface area contributed by atoms with Gasteiger partial charge < -0.3 is 15.0 Å². The maximum Gasteiger partial charge on any atom is 0.260 e. The predicted octanol–water partition coefficient (Wildman–Crippen LogP) is 2.68. The SMILES string of the molecule is CNCC1CCCN(C(=O)COc2cccc3ccccc23)C1. The van der Waals surface area contributed by atoms with Crippen molar-refractivity contribution in [2.45, 2.75) is 12.8 Å². The molecule has 4 heteroatoms. The standard InChI is InChI=1S/C19H24N2O2/c1-20-12-15-6-5-11-21(13-15)19(22)14-23-18-10-4-8-16-7-2-3-9-17(16)18/h2-4,7-10,15,20H,5-6,11-14H2,1H3. The molecule has 0 radical (unpaired) electrons. The summed E-state index contributed by atoms with van der Waals surface area (Å²) in [5.41, 5.74) is 0. The maximum absolute atomic E-state index is 12.4. The quantitative estimate of drug-likeness (QED) is 0.923. The van der Waals surface area contributed by atoms with Crippen molar-refractivity contribution in [1.29, 1.82) is 0 Å². The first-order valence-electron chi connectivity index (χ1n) is 8.31. The van der Waals surface area contributed by atoms with Crippen LogP contribution in [0.4, 0.5) is 0 Å². The maximum atomic E-state index is 12.4. The second-order valence-corrected chi connectivity index (χ2v) is 6.17. The molecule has 0 bridgehead atoms. The molecule has 1 amide bonds. The average molecular weight is 312 g/mol. The number of piperidine rings is 1. The van der Waals surface area contributed by atoms with Crippen LogP contribution in [0.2, 0.25) is 0 Å². The third-order valence-corrected chi connectivity index (χ3v) is 4.47. The zero-order chi connectivity index (χ0) is 16.1. The van der Waals surface area contributed by atoms with Gasteiger partial charge in [0.15, 0.2) is 6.61 Å². The molecule has 4 nitrogen and oxygen atoms in total. The first kappa shape index (κ1) is 15.8. The van der Waals surface area contributed by atoms with E-state index in [0.717, 1.165) is 42.6 Å². The van der Waals surface area contributed by atoms with E-state index in [2.05, 4.69) is 17.4 Å². The lowest BCUT2D eigenvalue weighted by Gasteiger charge is -2.32. The van der Waals surface area contributed by atoms with Crippen LogP contribution in [-0.2, 0) is 4.79 Å². The number of carbonyl (C=O) groups excluding carboxylic acids is 1. The van der Waals surface area contributed by atoms with E-state index >= 15 is 0 Å². The molecule has 122 valence electrons. The van der Waals surface area contributed by atoms with E-state index in [1.807, 2.05) is 42.3 Å². The highest BCUT2D eigenvalue weighted by Gasteiger charge is 2.23. The second-order valence-electron chi connectivity index (χ2n) is 6.17. The average Bonchev–Trinajstić information content (AvgIpc) is 2.60. The Morgan fingerprint density at radius 3 is 2.96 bits per heavy atom. The molecule has 1 aliphatic rings. The van der Waals surface area contributed by atoms with Gasteiger partial charge >= 0.3 is 0 Å². The Bertz CT molecular complexity index is 664. The van der Waals surface area contributed by atoms with E-state index in [4.69, 9.17) is 4.74 Å². The van der Waals surface area contributed by atoms with Gasteiger partial charge in [0.1, 0.15) is 5.75 Å². The van der Waals surface area contributed by atoms with Gasteiger partial charge in [0.2, 0.25) is 0 Å². The fraction of sp³-hybridized carbons (Fsp3) is 0.421. The minimum Gasteiger partial charge on any atom is -0.483 e. The van der Waals surface area contributed by atoms with Crippen molar-refractivity contribution < 1.29 is 9.53 Å². The number of amides is 1. The van der Waals surface area contributed by atoms with Crippen molar-refractivity contribution in [3.05, 3.63) is 42.5 Å². The number of nitrogens with one attached hydrogen (secondary N) is 1. The van der Waals surface area contributed by atoms with Crippen molar-refractivity contribution in [3.63, 3.8) is 0 Å². The fourth-order valence-corrected chi connectivity index (χ4v) is 3.30. The van der Waals surface area contributed by atoms with E-state index in [9.17, 15) is 4.79 Å². The Morgan fingerprint density at radius 1 is 1.26 bits per heavy atom. The van der Waals surface area contributed by atoms with Crippen molar-refractivity contribution in [2.75, 3.05) is 33.3 Å². The summed E-state index contributed by atoms with van der Waals surface area (Å²) in [4.78, 5) is 14.4. The van der Waals surface area contributed by atoms with Gasteiger partial charge in [-0.2, -0.15) is 0 Å². The van der Waals surface area contributed by atoms with Crippen LogP contribution >= 0.6 is 0 Å². The number of hydrogen-bond donors (Lipinski definition) is 1. The number of fused-ring (bicyclic) bond motifs is 1. The number of rotatable bonds is 5. The summed E-state index contributed by atoms with van der Waals surface area (Å²) in [6, 6.07) is 14.0. The lowest BCUT2D eigenvalue weighted by Crippen LogP contribution is -2.44. The van der Waals surface area contributed by atoms with E-state index in [0.29, 0.717) is 5.92 Å². The first-order chi connectivity index (χ1) is 11.3. The fourth-order valence-electron chi connectivity index (χ4n) is 3.30. The highest BCUT2D eigenvalue weighted by atomic mass is 16.5. The van der Waals surface area contributed by atoms with Gasteiger partial charge in [0, 0.05) is 18.5 Å². The molecule has 3 rings (SSSR count). The molecular weight excluding hydrogens is 288 g/mol. The number of carbonyl (C=O) groups is 1. The van der Waals surface area contributed by atoms with Crippen LogP contribution in [0.5, 0.6) is 5.75 Å². The minimum atomic E-state index is 0.0822. The third-order valence-electron chi connectivity index (χ3n) is 4.47. The van der Waals surface area contributed by atoms with Crippen molar-refractivity contribution >= 4 is 16.7 Å². The Morgan fingerprint density at radius 2 is 2.09 bits per heavy atom. The van der Waals surface area contributed by atoms with Gasteiger partial charge in [-0.25, -0.2) is 0 Å². The van der Waals surface area contributed by atoms with Crippen LogP contribution in [0, 0.1) is 5.92 Å². The van der Waals surface area contributed by atoms with Crippen molar-refractivity contribution in [1.82, 2.24) is 10.2 Å². The van der Waals surface area contributed by atoms with Crippen LogP contribution in [0.25, 0.3) is 10.8 Å². The summed E-state index contributed by atoms with van der Waals surface area (Å²) in [5, 5.41) is 5.39. The molecule has 2 aromatic rings. The molecule has 1 N–H and O–H groups in total. The number of likely N-dealkylation sites (tertiary alicyclic amines) is 1. The second kappa shape index (κ2) is 7.47. The Hall–Kier alpha value is -2.07. The summed E-state index contributed by atoms with van der Waals surface area (Å²) in [6.07, 6.45) is 2.27. The molecule has 0 spiro atoms. The Kier molecular flexibility index (Phi) is 5.13. The molecule has 0 aromatic heterocycles. The topological polar surface area (TPSA) is 41.6 Å². The van der Waals surface area contributed by atoms with Gasteiger partial charge in [0.05, 0.1) is 0 Å². The number of ether oxygens (including phenoxy) is 1. The smallest absolute Gasteiger partial charge is 0.260 e. The molecule has 1 fully saturated rings. The molecule has 1 heterocycles. The normalized spacial score (nSPS) is 18.1. The highest BCUT2D eigenvalue weighted by Crippen LogP contribution is 2.25. The van der Waals surface area contributed by atoms with Crippen molar-refractivity contribution in [2.24, 2.45) is 5.92 Å². The molecule has 0 saturated carbocycles. The summed E-state index contributed by atoms with van der Waals surface area (Å²) < 4.78 is 5.82. The number of hydrogen-bond acceptors (Lipinski definition) is 3. The molecule has 2 aromatic carbocycles. The lowest BCUT2D eigenvalue weighted by molar-refractivity contribution is -0.135. The van der Waals surface area contributed by atoms with Gasteiger partial charge in [-0.1, -0.05) is 36.4 Å². The number of nitrogens with zero attached hydrogens (tertiary/aromatic N) is 1. The van der Waals surface area contributed by atoms with Gasteiger partial charge in [-0.05, 0) is 43.8 Å². The van der Waals surface area contributed by atoms with E-state index in [1.165, 1.54) is 6.42 Å². The van der Waals surface area contributed by atoms with Crippen LogP contribution < -0.4 is 10.1 Å². The molecule has 1 aliphatic heterocycles. The minimum absolute atomic E-state index is 0.0822. The van der Waals surface area contributed by atoms with Crippen LogP contribution in [0.1, 0.15) is 12.8 Å². The monoisotopic (exact) mass is 312 g/mol. The Labute approximate surface area is 137 Å².